The summed E-state index contributed by atoms with van der Waals surface area (Å²) in [6, 6.07) is 20.5. The predicted octanol–water partition coefficient (Wildman–Crippen LogP) is 5.07. The second-order valence-electron chi connectivity index (χ2n) is 6.48. The van der Waals surface area contributed by atoms with Crippen LogP contribution >= 0.6 is 11.3 Å². The van der Waals surface area contributed by atoms with Gasteiger partial charge in [-0.15, -0.1) is 11.3 Å². The zero-order chi connectivity index (χ0) is 19.2. The molecule has 0 aliphatic heterocycles. The van der Waals surface area contributed by atoms with Crippen LogP contribution in [0.5, 0.6) is 5.75 Å². The second kappa shape index (κ2) is 8.84. The molecular weight excluding hydrogens is 358 g/mol. The van der Waals surface area contributed by atoms with Gasteiger partial charge in [-0.1, -0.05) is 42.5 Å². The van der Waals surface area contributed by atoms with Crippen LogP contribution in [0.25, 0.3) is 11.1 Å². The molecule has 0 amide bonds. The van der Waals surface area contributed by atoms with Crippen molar-refractivity contribution in [3.63, 3.8) is 0 Å². The first kappa shape index (κ1) is 19.1. The van der Waals surface area contributed by atoms with Gasteiger partial charge >= 0.3 is 5.97 Å². The van der Waals surface area contributed by atoms with Gasteiger partial charge in [-0.05, 0) is 48.7 Å². The van der Waals surface area contributed by atoms with Crippen LogP contribution < -0.4 is 4.74 Å². The average Bonchev–Trinajstić information content (AvgIpc) is 3.21. The highest BCUT2D eigenvalue weighted by atomic mass is 32.1. The minimum atomic E-state index is -0.978. The normalized spacial score (nSPS) is 12.1. The van der Waals surface area contributed by atoms with Crippen molar-refractivity contribution in [2.45, 2.75) is 19.5 Å². The largest absolute Gasteiger partial charge is 0.482 e. The molecule has 0 fully saturated rings. The van der Waals surface area contributed by atoms with Crippen LogP contribution in [0.3, 0.4) is 0 Å². The van der Waals surface area contributed by atoms with Gasteiger partial charge in [0, 0.05) is 23.0 Å². The topological polar surface area (TPSA) is 49.8 Å². The summed E-state index contributed by atoms with van der Waals surface area (Å²) in [7, 11) is 2.07. The van der Waals surface area contributed by atoms with Crippen molar-refractivity contribution in [2.24, 2.45) is 0 Å². The van der Waals surface area contributed by atoms with Gasteiger partial charge in [0.25, 0.3) is 0 Å². The standard InChI is InChI=1S/C22H23NO3S/c1-16(21-9-6-12-27-21)23(2)14-19-13-18(17-7-4-3-5-8-17)10-11-20(19)26-15-22(24)25/h3-13,16H,14-15H2,1-2H3,(H,24,25). The molecule has 5 heteroatoms. The van der Waals surface area contributed by atoms with E-state index in [1.54, 1.807) is 11.3 Å². The molecule has 1 atom stereocenters. The summed E-state index contributed by atoms with van der Waals surface area (Å²) in [6.45, 7) is 2.49. The summed E-state index contributed by atoms with van der Waals surface area (Å²) in [6.07, 6.45) is 0. The third-order valence-corrected chi connectivity index (χ3v) is 5.60. The summed E-state index contributed by atoms with van der Waals surface area (Å²) in [5, 5.41) is 11.0. The van der Waals surface area contributed by atoms with Crippen LogP contribution in [-0.2, 0) is 11.3 Å². The molecule has 1 aromatic heterocycles. The molecule has 3 rings (SSSR count). The highest BCUT2D eigenvalue weighted by Gasteiger charge is 2.16. The van der Waals surface area contributed by atoms with E-state index in [-0.39, 0.29) is 12.6 Å². The van der Waals surface area contributed by atoms with Crippen LogP contribution in [0.1, 0.15) is 23.4 Å². The highest BCUT2D eigenvalue weighted by Crippen LogP contribution is 2.30. The Kier molecular flexibility index (Phi) is 6.27. The Labute approximate surface area is 163 Å². The molecular formula is C22H23NO3S. The zero-order valence-corrected chi connectivity index (χ0v) is 16.3. The van der Waals surface area contributed by atoms with Crippen molar-refractivity contribution in [3.05, 3.63) is 76.5 Å². The van der Waals surface area contributed by atoms with Crippen LogP contribution in [0.4, 0.5) is 0 Å². The Morgan fingerprint density at radius 2 is 1.89 bits per heavy atom. The van der Waals surface area contributed by atoms with E-state index in [4.69, 9.17) is 9.84 Å². The summed E-state index contributed by atoms with van der Waals surface area (Å²) >= 11 is 1.74. The molecule has 0 saturated heterocycles. The fourth-order valence-corrected chi connectivity index (χ4v) is 3.79. The molecule has 0 aliphatic rings. The van der Waals surface area contributed by atoms with E-state index in [2.05, 4.69) is 54.6 Å². The molecule has 1 heterocycles. The molecule has 27 heavy (non-hydrogen) atoms. The lowest BCUT2D eigenvalue weighted by atomic mass is 10.0. The Balaban J connectivity index is 1.87. The number of hydrogen-bond donors (Lipinski definition) is 1. The number of benzene rings is 2. The number of carboxylic acids is 1. The number of rotatable bonds is 8. The van der Waals surface area contributed by atoms with Gasteiger partial charge in [-0.2, -0.15) is 0 Å². The SMILES string of the molecule is CC(c1cccs1)N(C)Cc1cc(-c2ccccc2)ccc1OCC(=O)O. The first-order chi connectivity index (χ1) is 13.0. The van der Waals surface area contributed by atoms with E-state index in [1.165, 1.54) is 4.88 Å². The van der Waals surface area contributed by atoms with Gasteiger partial charge in [-0.25, -0.2) is 4.79 Å². The molecule has 1 N–H and O–H groups in total. The van der Waals surface area contributed by atoms with Gasteiger partial charge in [0.2, 0.25) is 0 Å². The van der Waals surface area contributed by atoms with Gasteiger partial charge in [0.05, 0.1) is 0 Å². The fourth-order valence-electron chi connectivity index (χ4n) is 2.95. The van der Waals surface area contributed by atoms with Crippen molar-refractivity contribution in [2.75, 3.05) is 13.7 Å². The van der Waals surface area contributed by atoms with Crippen LogP contribution in [-0.4, -0.2) is 29.6 Å². The lowest BCUT2D eigenvalue weighted by Crippen LogP contribution is -2.22. The third-order valence-electron chi connectivity index (χ3n) is 4.55. The van der Waals surface area contributed by atoms with Crippen molar-refractivity contribution >= 4 is 17.3 Å². The average molecular weight is 381 g/mol. The van der Waals surface area contributed by atoms with E-state index < -0.39 is 5.97 Å². The minimum absolute atomic E-state index is 0.262. The maximum atomic E-state index is 10.9. The lowest BCUT2D eigenvalue weighted by Gasteiger charge is -2.25. The second-order valence-corrected chi connectivity index (χ2v) is 7.46. The Morgan fingerprint density at radius 3 is 2.56 bits per heavy atom. The van der Waals surface area contributed by atoms with Crippen LogP contribution in [0, 0.1) is 0 Å². The smallest absolute Gasteiger partial charge is 0.341 e. The van der Waals surface area contributed by atoms with Gasteiger partial charge in [0.15, 0.2) is 6.61 Å². The zero-order valence-electron chi connectivity index (χ0n) is 15.5. The lowest BCUT2D eigenvalue weighted by molar-refractivity contribution is -0.139. The Hall–Kier alpha value is -2.63. The van der Waals surface area contributed by atoms with E-state index in [0.717, 1.165) is 16.7 Å². The van der Waals surface area contributed by atoms with Gasteiger partial charge in [-0.3, -0.25) is 4.90 Å². The van der Waals surface area contributed by atoms with Crippen molar-refractivity contribution in [3.8, 4) is 16.9 Å². The fraction of sp³-hybridized carbons (Fsp3) is 0.227. The molecule has 2 aromatic carbocycles. The molecule has 0 bridgehead atoms. The molecule has 4 nitrogen and oxygen atoms in total. The number of carboxylic acid groups (broad SMARTS) is 1. The number of aliphatic carboxylic acids is 1. The van der Waals surface area contributed by atoms with Crippen LogP contribution in [0.15, 0.2) is 66.0 Å². The molecule has 140 valence electrons. The van der Waals surface area contributed by atoms with E-state index in [0.29, 0.717) is 12.3 Å². The maximum absolute atomic E-state index is 10.9. The van der Waals surface area contributed by atoms with Crippen molar-refractivity contribution < 1.29 is 14.6 Å². The summed E-state index contributed by atoms with van der Waals surface area (Å²) in [4.78, 5) is 14.5. The van der Waals surface area contributed by atoms with Gasteiger partial charge < -0.3 is 9.84 Å². The Bertz CT molecular complexity index is 878. The van der Waals surface area contributed by atoms with E-state index in [1.807, 2.05) is 30.3 Å². The van der Waals surface area contributed by atoms with E-state index >= 15 is 0 Å². The van der Waals surface area contributed by atoms with Gasteiger partial charge in [0.1, 0.15) is 5.75 Å². The number of carbonyl (C=O) groups is 1. The summed E-state index contributed by atoms with van der Waals surface area (Å²) < 4.78 is 5.54. The molecule has 3 aromatic rings. The first-order valence-electron chi connectivity index (χ1n) is 8.81. The summed E-state index contributed by atoms with van der Waals surface area (Å²) in [5.74, 6) is -0.365. The molecule has 0 aliphatic carbocycles. The number of ether oxygens (including phenoxy) is 1. The first-order valence-corrected chi connectivity index (χ1v) is 9.69. The number of nitrogens with zero attached hydrogens (tertiary/aromatic N) is 1. The monoisotopic (exact) mass is 381 g/mol. The molecule has 1 unspecified atom stereocenters. The Morgan fingerprint density at radius 1 is 1.11 bits per heavy atom. The number of hydrogen-bond acceptors (Lipinski definition) is 4. The van der Waals surface area contributed by atoms with Crippen LogP contribution in [0.2, 0.25) is 0 Å². The minimum Gasteiger partial charge on any atom is -0.482 e. The highest BCUT2D eigenvalue weighted by molar-refractivity contribution is 7.10. The molecule has 0 spiro atoms. The number of thiophene rings is 1. The van der Waals surface area contributed by atoms with E-state index in [9.17, 15) is 4.79 Å². The quantitative estimate of drug-likeness (QED) is 0.592. The van der Waals surface area contributed by atoms with Crippen molar-refractivity contribution in [1.29, 1.82) is 0 Å². The summed E-state index contributed by atoms with van der Waals surface area (Å²) in [5.41, 5.74) is 3.19. The maximum Gasteiger partial charge on any atom is 0.341 e. The van der Waals surface area contributed by atoms with Crippen molar-refractivity contribution in [1.82, 2.24) is 4.90 Å². The third kappa shape index (κ3) is 4.96. The molecule has 0 saturated carbocycles. The predicted molar refractivity (Wildman–Crippen MR) is 109 cm³/mol. The molecule has 0 radical (unpaired) electrons.